The fourth-order valence-corrected chi connectivity index (χ4v) is 6.57. The summed E-state index contributed by atoms with van der Waals surface area (Å²) in [6.45, 7) is 6.42. The van der Waals surface area contributed by atoms with Crippen LogP contribution in [0.4, 0.5) is 13.2 Å². The number of hydrogen-bond donors (Lipinski definition) is 0. The molecule has 0 radical (unpaired) electrons. The summed E-state index contributed by atoms with van der Waals surface area (Å²) < 4.78 is 70.9. The number of pyridine rings is 3. The van der Waals surface area contributed by atoms with Crippen LogP contribution in [0.3, 0.4) is 0 Å². The zero-order valence-electron chi connectivity index (χ0n) is 27.8. The third-order valence-corrected chi connectivity index (χ3v) is 9.49. The smallest absolute Gasteiger partial charge is 0.376 e. The molecule has 7 nitrogen and oxygen atoms in total. The monoisotopic (exact) mass is 704 g/mol. The minimum atomic E-state index is -5.93. The molecule has 0 aliphatic heterocycles. The number of aromatic nitrogens is 4. The second kappa shape index (κ2) is 12.8. The predicted octanol–water partition coefficient (Wildman–Crippen LogP) is 9.50. The molecule has 4 aromatic heterocycles. The van der Waals surface area contributed by atoms with Gasteiger partial charge in [-0.25, -0.2) is 4.98 Å². The van der Waals surface area contributed by atoms with Crippen molar-refractivity contribution in [2.75, 3.05) is 0 Å². The minimum absolute atomic E-state index is 0.134. The fraction of sp³-hybridized carbons (Fsp3) is 0.125. The normalized spacial score (nSPS) is 12.3. The number of fused-ring (bicyclic) bond motifs is 3. The number of hydrogen-bond acceptors (Lipinski definition) is 6. The molecule has 0 saturated heterocycles. The van der Waals surface area contributed by atoms with Crippen molar-refractivity contribution in [1.29, 1.82) is 0 Å². The summed E-state index contributed by atoms with van der Waals surface area (Å²) in [6.07, 6.45) is 5.08. The Hall–Kier alpha value is -5.81. The third kappa shape index (κ3) is 6.48. The van der Waals surface area contributed by atoms with E-state index in [9.17, 15) is 21.6 Å². The van der Waals surface area contributed by atoms with Gasteiger partial charge in [0.15, 0.2) is 0 Å². The molecule has 11 heteroatoms. The maximum Gasteiger partial charge on any atom is 0.534 e. The van der Waals surface area contributed by atoms with Crippen LogP contribution in [0.5, 0.6) is 5.75 Å². The average Bonchev–Trinajstić information content (AvgIpc) is 3.44. The summed E-state index contributed by atoms with van der Waals surface area (Å²) in [6, 6.07) is 34.5. The molecular weight excluding hydrogens is 674 g/mol. The molecule has 0 atom stereocenters. The Bertz CT molecular complexity index is 2500. The number of alkyl halides is 3. The van der Waals surface area contributed by atoms with E-state index in [1.807, 2.05) is 72.8 Å². The Morgan fingerprint density at radius 3 is 1.92 bits per heavy atom. The van der Waals surface area contributed by atoms with E-state index in [0.717, 1.165) is 33.2 Å². The molecule has 0 N–H and O–H groups in total. The highest BCUT2D eigenvalue weighted by Gasteiger charge is 2.48. The van der Waals surface area contributed by atoms with Gasteiger partial charge >= 0.3 is 15.6 Å². The molecule has 7 rings (SSSR count). The van der Waals surface area contributed by atoms with E-state index in [1.165, 1.54) is 18.2 Å². The van der Waals surface area contributed by atoms with Crippen LogP contribution in [0, 0.1) is 0 Å². The van der Waals surface area contributed by atoms with Crippen molar-refractivity contribution in [3.63, 3.8) is 0 Å². The molecule has 51 heavy (non-hydrogen) atoms. The molecule has 7 aromatic rings. The largest absolute Gasteiger partial charge is 0.534 e. The second-order valence-corrected chi connectivity index (χ2v) is 14.5. The third-order valence-electron chi connectivity index (χ3n) is 8.51. The molecule has 0 fully saturated rings. The van der Waals surface area contributed by atoms with Crippen LogP contribution in [0.1, 0.15) is 48.8 Å². The van der Waals surface area contributed by atoms with Crippen molar-refractivity contribution in [2.24, 2.45) is 0 Å². The molecule has 0 saturated carbocycles. The average molecular weight is 705 g/mol. The molecule has 0 aliphatic rings. The highest BCUT2D eigenvalue weighted by atomic mass is 32.2. The van der Waals surface area contributed by atoms with E-state index in [1.54, 1.807) is 36.8 Å². The van der Waals surface area contributed by atoms with Crippen molar-refractivity contribution in [2.45, 2.75) is 31.7 Å². The minimum Gasteiger partial charge on any atom is -0.376 e. The topological polar surface area (TPSA) is 87.0 Å². The summed E-state index contributed by atoms with van der Waals surface area (Å²) in [7, 11) is -5.93. The Morgan fingerprint density at radius 2 is 1.27 bits per heavy atom. The van der Waals surface area contributed by atoms with E-state index >= 15 is 0 Å². The van der Waals surface area contributed by atoms with Gasteiger partial charge in [0.25, 0.3) is 0 Å². The van der Waals surface area contributed by atoms with Gasteiger partial charge in [0.2, 0.25) is 0 Å². The zero-order chi connectivity index (χ0) is 36.0. The van der Waals surface area contributed by atoms with Crippen molar-refractivity contribution in [1.82, 2.24) is 19.5 Å². The van der Waals surface area contributed by atoms with Crippen LogP contribution in [-0.4, -0.2) is 33.4 Å². The quantitative estimate of drug-likeness (QED) is 0.121. The Balaban J connectivity index is 1.56. The molecule has 256 valence electrons. The standard InChI is InChI=1S/C40H31F3N4O3S/c1-39(2,3)28-19-22-46-36(25-28)47-34-16-5-4-13-30(34)31-18-17-27(24-35(31)47)37(26-11-10-12-29(23-26)50-51(48,49)40(41,42)43)38(32-14-6-8-20-44-32)33-15-7-9-21-45-33/h4-25H,1-3H3. The lowest BCUT2D eigenvalue weighted by molar-refractivity contribution is -0.0500. The maximum atomic E-state index is 13.4. The molecule has 3 aromatic carbocycles. The van der Waals surface area contributed by atoms with E-state index in [4.69, 9.17) is 4.98 Å². The van der Waals surface area contributed by atoms with Crippen molar-refractivity contribution >= 4 is 43.1 Å². The van der Waals surface area contributed by atoms with Gasteiger partial charge in [-0.2, -0.15) is 21.6 Å². The first kappa shape index (κ1) is 33.7. The molecule has 0 unspecified atom stereocenters. The first-order valence-corrected chi connectivity index (χ1v) is 17.4. The van der Waals surface area contributed by atoms with Crippen molar-refractivity contribution in [3.05, 3.63) is 162 Å². The number of nitrogens with zero attached hydrogens (tertiary/aromatic N) is 4. The SMILES string of the molecule is CC(C)(C)c1ccnc(-n2c3ccccc3c3ccc(C(=C(c4ccccn4)c4ccccn4)c4cccc(OS(=O)(=O)C(F)(F)F)c4)cc32)c1. The summed E-state index contributed by atoms with van der Waals surface area (Å²) >= 11 is 0. The second-order valence-electron chi connectivity index (χ2n) is 12.9. The van der Waals surface area contributed by atoms with Crippen molar-refractivity contribution < 1.29 is 25.8 Å². The van der Waals surface area contributed by atoms with Crippen LogP contribution in [0.2, 0.25) is 0 Å². The Labute approximate surface area is 292 Å². The lowest BCUT2D eigenvalue weighted by Crippen LogP contribution is -2.28. The molecular formula is C40H31F3N4O3S. The summed E-state index contributed by atoms with van der Waals surface area (Å²) in [5.41, 5.74) is 0.380. The lowest BCUT2D eigenvalue weighted by Gasteiger charge is -2.20. The fourth-order valence-electron chi connectivity index (χ4n) is 6.12. The Kier molecular flexibility index (Phi) is 8.46. The van der Waals surface area contributed by atoms with Gasteiger partial charge in [0.05, 0.1) is 22.4 Å². The van der Waals surface area contributed by atoms with Gasteiger partial charge in [0.1, 0.15) is 11.6 Å². The highest BCUT2D eigenvalue weighted by Crippen LogP contribution is 2.40. The number of benzene rings is 3. The molecule has 0 bridgehead atoms. The van der Waals surface area contributed by atoms with Gasteiger partial charge in [0, 0.05) is 40.5 Å². The summed E-state index contributed by atoms with van der Waals surface area (Å²) in [5, 5.41) is 1.97. The van der Waals surface area contributed by atoms with Gasteiger partial charge in [-0.3, -0.25) is 14.5 Å². The first-order valence-electron chi connectivity index (χ1n) is 16.0. The van der Waals surface area contributed by atoms with Gasteiger partial charge < -0.3 is 4.18 Å². The van der Waals surface area contributed by atoms with Crippen LogP contribution < -0.4 is 4.18 Å². The summed E-state index contributed by atoms with van der Waals surface area (Å²) in [4.78, 5) is 14.1. The van der Waals surface area contributed by atoms with E-state index < -0.39 is 21.4 Å². The van der Waals surface area contributed by atoms with Crippen LogP contribution >= 0.6 is 0 Å². The van der Waals surface area contributed by atoms with Gasteiger partial charge in [-0.15, -0.1) is 0 Å². The number of para-hydroxylation sites is 1. The number of halogens is 3. The Morgan fingerprint density at radius 1 is 0.627 bits per heavy atom. The van der Waals surface area contributed by atoms with Gasteiger partial charge in [-0.1, -0.05) is 75.4 Å². The molecule has 0 aliphatic carbocycles. The maximum absolute atomic E-state index is 13.4. The zero-order valence-corrected chi connectivity index (χ0v) is 28.6. The predicted molar refractivity (Wildman–Crippen MR) is 193 cm³/mol. The van der Waals surface area contributed by atoms with E-state index in [-0.39, 0.29) is 5.41 Å². The first-order chi connectivity index (χ1) is 24.3. The van der Waals surface area contributed by atoms with Crippen LogP contribution in [0.25, 0.3) is 38.8 Å². The van der Waals surface area contributed by atoms with E-state index in [2.05, 4.69) is 45.6 Å². The summed E-state index contributed by atoms with van der Waals surface area (Å²) in [5.74, 6) is 0.223. The van der Waals surface area contributed by atoms with Gasteiger partial charge in [-0.05, 0) is 82.8 Å². The molecule has 4 heterocycles. The number of rotatable bonds is 7. The van der Waals surface area contributed by atoms with Crippen LogP contribution in [0.15, 0.2) is 134 Å². The highest BCUT2D eigenvalue weighted by molar-refractivity contribution is 7.88. The lowest BCUT2D eigenvalue weighted by atomic mass is 9.88. The van der Waals surface area contributed by atoms with Crippen LogP contribution in [-0.2, 0) is 15.5 Å². The molecule has 0 amide bonds. The van der Waals surface area contributed by atoms with Crippen molar-refractivity contribution in [3.8, 4) is 11.6 Å². The molecule has 0 spiro atoms. The van der Waals surface area contributed by atoms with E-state index in [0.29, 0.717) is 33.7 Å².